The zero-order chi connectivity index (χ0) is 13.8. The highest BCUT2D eigenvalue weighted by Crippen LogP contribution is 2.44. The largest absolute Gasteiger partial charge is 0.489 e. The third-order valence-electron chi connectivity index (χ3n) is 3.21. The highest BCUT2D eigenvalue weighted by atomic mass is 79.9. The number of carbonyl (C=O) groups excluding carboxylic acids is 1. The fourth-order valence-electron chi connectivity index (χ4n) is 2.41. The number of halogens is 1. The summed E-state index contributed by atoms with van der Waals surface area (Å²) in [4.78, 5) is 10.6. The maximum Gasteiger partial charge on any atom is 0.175 e. The molecule has 3 nitrogen and oxygen atoms in total. The predicted molar refractivity (Wildman–Crippen MR) is 78.2 cm³/mol. The fourth-order valence-corrected chi connectivity index (χ4v) is 2.98. The van der Waals surface area contributed by atoms with E-state index < -0.39 is 0 Å². The lowest BCUT2D eigenvalue weighted by molar-refractivity contribution is -0.107. The van der Waals surface area contributed by atoms with Crippen molar-refractivity contribution in [2.24, 2.45) is 0 Å². The van der Waals surface area contributed by atoms with E-state index in [4.69, 9.17) is 9.47 Å². The smallest absolute Gasteiger partial charge is 0.175 e. The molecular formula is C15H19BrO3. The van der Waals surface area contributed by atoms with Gasteiger partial charge in [-0.1, -0.05) is 13.8 Å². The molecule has 0 saturated heterocycles. The number of aldehydes is 1. The van der Waals surface area contributed by atoms with Gasteiger partial charge in [0.15, 0.2) is 11.5 Å². The van der Waals surface area contributed by atoms with Gasteiger partial charge in [-0.3, -0.25) is 0 Å². The lowest BCUT2D eigenvalue weighted by Gasteiger charge is -2.20. The van der Waals surface area contributed by atoms with E-state index in [-0.39, 0.29) is 0 Å². The summed E-state index contributed by atoms with van der Waals surface area (Å²) in [6.45, 7) is 5.64. The van der Waals surface area contributed by atoms with E-state index in [0.29, 0.717) is 25.6 Å². The standard InChI is InChI=1S/C15H19BrO3/c1-10(2)13-11(5-3-6-17)9-12(16)14-15(13)19-8-4-7-18-14/h6,9-10H,3-5,7-8H2,1-2H3. The van der Waals surface area contributed by atoms with Crippen LogP contribution in [0.3, 0.4) is 0 Å². The molecular weight excluding hydrogens is 308 g/mol. The molecule has 104 valence electrons. The molecule has 1 aromatic rings. The molecule has 1 aromatic carbocycles. The minimum atomic E-state index is 0.338. The Kier molecular flexibility index (Phi) is 4.86. The van der Waals surface area contributed by atoms with Crippen LogP contribution >= 0.6 is 15.9 Å². The van der Waals surface area contributed by atoms with E-state index in [1.165, 1.54) is 11.1 Å². The van der Waals surface area contributed by atoms with Gasteiger partial charge >= 0.3 is 0 Å². The number of carbonyl (C=O) groups is 1. The van der Waals surface area contributed by atoms with Gasteiger partial charge < -0.3 is 14.3 Å². The summed E-state index contributed by atoms with van der Waals surface area (Å²) in [5.74, 6) is 1.99. The molecule has 0 bridgehead atoms. The number of ether oxygens (including phenoxy) is 2. The lowest BCUT2D eigenvalue weighted by Crippen LogP contribution is -2.04. The summed E-state index contributed by atoms with van der Waals surface area (Å²) >= 11 is 3.55. The zero-order valence-electron chi connectivity index (χ0n) is 11.4. The average Bonchev–Trinajstić information content (AvgIpc) is 2.61. The Hall–Kier alpha value is -1.03. The van der Waals surface area contributed by atoms with E-state index >= 15 is 0 Å². The third kappa shape index (κ3) is 3.11. The predicted octanol–water partition coefficient (Wildman–Crippen LogP) is 3.87. The summed E-state index contributed by atoms with van der Waals surface area (Å²) < 4.78 is 12.6. The fraction of sp³-hybridized carbons (Fsp3) is 0.533. The summed E-state index contributed by atoms with van der Waals surface area (Å²) in [6.07, 6.45) is 3.13. The van der Waals surface area contributed by atoms with E-state index in [1.54, 1.807) is 0 Å². The molecule has 0 saturated carbocycles. The molecule has 19 heavy (non-hydrogen) atoms. The molecule has 0 unspecified atom stereocenters. The van der Waals surface area contributed by atoms with Crippen molar-refractivity contribution in [2.45, 2.75) is 39.0 Å². The van der Waals surface area contributed by atoms with Crippen molar-refractivity contribution in [3.05, 3.63) is 21.7 Å². The van der Waals surface area contributed by atoms with Gasteiger partial charge in [0.25, 0.3) is 0 Å². The topological polar surface area (TPSA) is 35.5 Å². The first-order valence-corrected chi connectivity index (χ1v) is 7.49. The molecule has 0 amide bonds. The van der Waals surface area contributed by atoms with E-state index in [9.17, 15) is 4.79 Å². The molecule has 0 aliphatic carbocycles. The Morgan fingerprint density at radius 2 is 2.00 bits per heavy atom. The number of aryl methyl sites for hydroxylation is 1. The highest BCUT2D eigenvalue weighted by molar-refractivity contribution is 9.10. The first kappa shape index (κ1) is 14.4. The van der Waals surface area contributed by atoms with Crippen LogP contribution in [0.15, 0.2) is 10.5 Å². The monoisotopic (exact) mass is 326 g/mol. The van der Waals surface area contributed by atoms with Crippen molar-refractivity contribution >= 4 is 22.2 Å². The summed E-state index contributed by atoms with van der Waals surface area (Å²) in [5.41, 5.74) is 2.33. The van der Waals surface area contributed by atoms with Crippen LogP contribution in [0.2, 0.25) is 0 Å². The molecule has 0 fully saturated rings. The number of rotatable bonds is 4. The van der Waals surface area contributed by atoms with E-state index in [0.717, 1.165) is 35.1 Å². The van der Waals surface area contributed by atoms with E-state index in [1.807, 2.05) is 0 Å². The van der Waals surface area contributed by atoms with Crippen LogP contribution < -0.4 is 9.47 Å². The molecule has 4 heteroatoms. The highest BCUT2D eigenvalue weighted by Gasteiger charge is 2.23. The molecule has 0 spiro atoms. The SMILES string of the molecule is CC(C)c1c(CCC=O)cc(Br)c2c1OCCCO2. The van der Waals surface area contributed by atoms with Crippen molar-refractivity contribution in [3.8, 4) is 11.5 Å². The van der Waals surface area contributed by atoms with Gasteiger partial charge in [0.05, 0.1) is 17.7 Å². The van der Waals surface area contributed by atoms with Crippen LogP contribution in [0.1, 0.15) is 43.7 Å². The van der Waals surface area contributed by atoms with Gasteiger partial charge in [-0.2, -0.15) is 0 Å². The van der Waals surface area contributed by atoms with Crippen LogP contribution in [0.4, 0.5) is 0 Å². The second-order valence-electron chi connectivity index (χ2n) is 5.00. The van der Waals surface area contributed by atoms with Gasteiger partial charge in [0.2, 0.25) is 0 Å². The molecule has 2 rings (SSSR count). The summed E-state index contributed by atoms with van der Waals surface area (Å²) in [7, 11) is 0. The van der Waals surface area contributed by atoms with Gasteiger partial charge in [0, 0.05) is 18.4 Å². The second-order valence-corrected chi connectivity index (χ2v) is 5.85. The van der Waals surface area contributed by atoms with Crippen LogP contribution in [0, 0.1) is 0 Å². The number of benzene rings is 1. The molecule has 1 aliphatic rings. The zero-order valence-corrected chi connectivity index (χ0v) is 13.0. The average molecular weight is 327 g/mol. The summed E-state index contributed by atoms with van der Waals surface area (Å²) in [5, 5.41) is 0. The molecule has 0 aromatic heterocycles. The Morgan fingerprint density at radius 1 is 1.32 bits per heavy atom. The van der Waals surface area contributed by atoms with Gasteiger partial charge in [-0.05, 0) is 39.9 Å². The molecule has 1 aliphatic heterocycles. The maximum absolute atomic E-state index is 10.6. The van der Waals surface area contributed by atoms with Crippen molar-refractivity contribution in [3.63, 3.8) is 0 Å². The maximum atomic E-state index is 10.6. The van der Waals surface area contributed by atoms with Crippen molar-refractivity contribution < 1.29 is 14.3 Å². The molecule has 1 heterocycles. The van der Waals surface area contributed by atoms with Crippen molar-refractivity contribution in [1.82, 2.24) is 0 Å². The normalized spacial score (nSPS) is 14.3. The van der Waals surface area contributed by atoms with Crippen LogP contribution in [-0.2, 0) is 11.2 Å². The third-order valence-corrected chi connectivity index (χ3v) is 3.79. The van der Waals surface area contributed by atoms with Crippen molar-refractivity contribution in [1.29, 1.82) is 0 Å². The minimum absolute atomic E-state index is 0.338. The second kappa shape index (κ2) is 6.42. The number of hydrogen-bond donors (Lipinski definition) is 0. The van der Waals surface area contributed by atoms with Gasteiger partial charge in [0.1, 0.15) is 6.29 Å². The first-order chi connectivity index (χ1) is 9.15. The Labute approximate surface area is 122 Å². The summed E-state index contributed by atoms with van der Waals surface area (Å²) in [6, 6.07) is 2.06. The Bertz CT molecular complexity index is 469. The van der Waals surface area contributed by atoms with Gasteiger partial charge in [-0.15, -0.1) is 0 Å². The Balaban J connectivity index is 2.53. The van der Waals surface area contributed by atoms with Crippen LogP contribution in [0.25, 0.3) is 0 Å². The van der Waals surface area contributed by atoms with Crippen LogP contribution in [-0.4, -0.2) is 19.5 Å². The quantitative estimate of drug-likeness (QED) is 0.788. The number of hydrogen-bond acceptors (Lipinski definition) is 3. The number of fused-ring (bicyclic) bond motifs is 1. The first-order valence-electron chi connectivity index (χ1n) is 6.69. The lowest BCUT2D eigenvalue weighted by atomic mass is 9.93. The van der Waals surface area contributed by atoms with Gasteiger partial charge in [-0.25, -0.2) is 0 Å². The molecule has 0 N–H and O–H groups in total. The molecule has 0 radical (unpaired) electrons. The minimum Gasteiger partial charge on any atom is -0.489 e. The van der Waals surface area contributed by atoms with Crippen molar-refractivity contribution in [2.75, 3.05) is 13.2 Å². The van der Waals surface area contributed by atoms with E-state index in [2.05, 4.69) is 35.8 Å². The molecule has 0 atom stereocenters. The van der Waals surface area contributed by atoms with Crippen LogP contribution in [0.5, 0.6) is 11.5 Å². The Morgan fingerprint density at radius 3 is 2.63 bits per heavy atom.